The summed E-state index contributed by atoms with van der Waals surface area (Å²) in [5, 5.41) is 3.56. The number of anilines is 1. The number of fused-ring (bicyclic) bond motifs is 1. The van der Waals surface area contributed by atoms with Crippen LogP contribution in [0.4, 0.5) is 5.69 Å². The van der Waals surface area contributed by atoms with E-state index in [1.54, 1.807) is 0 Å². The molecule has 0 aliphatic carbocycles. The number of nitrogens with zero attached hydrogens (tertiary/aromatic N) is 3. The van der Waals surface area contributed by atoms with E-state index in [4.69, 9.17) is 0 Å². The molecule has 0 spiro atoms. The highest BCUT2D eigenvalue weighted by Crippen LogP contribution is 2.23. The van der Waals surface area contributed by atoms with Crippen LogP contribution in [0.25, 0.3) is 5.65 Å². The van der Waals surface area contributed by atoms with Crippen LogP contribution in [-0.4, -0.2) is 34.6 Å². The summed E-state index contributed by atoms with van der Waals surface area (Å²) < 4.78 is 2.18. The van der Waals surface area contributed by atoms with Crippen molar-refractivity contribution in [2.75, 3.05) is 24.5 Å². The molecule has 1 aliphatic rings. The van der Waals surface area contributed by atoms with Crippen LogP contribution in [0.2, 0.25) is 0 Å². The normalized spacial score (nSPS) is 18.7. The number of piperazine rings is 1. The average molecular weight is 272 g/mol. The lowest BCUT2D eigenvalue weighted by atomic mass is 10.0. The summed E-state index contributed by atoms with van der Waals surface area (Å²) >= 11 is 0. The van der Waals surface area contributed by atoms with Gasteiger partial charge in [-0.05, 0) is 38.8 Å². The molecule has 2 aromatic rings. The van der Waals surface area contributed by atoms with E-state index in [0.29, 0.717) is 0 Å². The minimum absolute atomic E-state index is 0.171. The molecule has 0 unspecified atom stereocenters. The van der Waals surface area contributed by atoms with Crippen LogP contribution in [0.5, 0.6) is 0 Å². The van der Waals surface area contributed by atoms with Crippen molar-refractivity contribution >= 4 is 11.3 Å². The van der Waals surface area contributed by atoms with Gasteiger partial charge in [0.15, 0.2) is 0 Å². The second-order valence-electron chi connectivity index (χ2n) is 6.43. The van der Waals surface area contributed by atoms with Crippen molar-refractivity contribution in [2.24, 2.45) is 0 Å². The summed E-state index contributed by atoms with van der Waals surface area (Å²) in [7, 11) is 0. The summed E-state index contributed by atoms with van der Waals surface area (Å²) in [4.78, 5) is 7.14. The molecule has 0 radical (unpaired) electrons. The first kappa shape index (κ1) is 13.4. The van der Waals surface area contributed by atoms with Crippen LogP contribution in [0.15, 0.2) is 18.5 Å². The molecule has 1 N–H and O–H groups in total. The van der Waals surface area contributed by atoms with Gasteiger partial charge in [-0.3, -0.25) is 0 Å². The Morgan fingerprint density at radius 2 is 2.15 bits per heavy atom. The third kappa shape index (κ3) is 2.40. The van der Waals surface area contributed by atoms with Gasteiger partial charge in [-0.25, -0.2) is 4.98 Å². The maximum absolute atomic E-state index is 4.68. The fourth-order valence-corrected chi connectivity index (χ4v) is 3.01. The number of imidazole rings is 1. The van der Waals surface area contributed by atoms with Crippen molar-refractivity contribution in [1.82, 2.24) is 14.7 Å². The van der Waals surface area contributed by atoms with Gasteiger partial charge in [0.25, 0.3) is 0 Å². The highest BCUT2D eigenvalue weighted by atomic mass is 15.2. The fourth-order valence-electron chi connectivity index (χ4n) is 3.01. The van der Waals surface area contributed by atoms with Gasteiger partial charge >= 0.3 is 0 Å². The van der Waals surface area contributed by atoms with Crippen LogP contribution in [0, 0.1) is 6.92 Å². The van der Waals surface area contributed by atoms with E-state index in [1.165, 1.54) is 11.3 Å². The largest absolute Gasteiger partial charge is 0.367 e. The second kappa shape index (κ2) is 4.77. The van der Waals surface area contributed by atoms with Gasteiger partial charge in [0.1, 0.15) is 5.65 Å². The van der Waals surface area contributed by atoms with E-state index in [9.17, 15) is 0 Å². The number of aryl methyl sites for hydroxylation is 2. The predicted molar refractivity (Wildman–Crippen MR) is 83.6 cm³/mol. The molecule has 4 heteroatoms. The molecule has 4 nitrogen and oxygen atoms in total. The van der Waals surface area contributed by atoms with Gasteiger partial charge in [-0.2, -0.15) is 0 Å². The lowest BCUT2D eigenvalue weighted by Gasteiger charge is -2.40. The van der Waals surface area contributed by atoms with E-state index in [-0.39, 0.29) is 5.54 Å². The van der Waals surface area contributed by atoms with Crippen molar-refractivity contribution in [3.63, 3.8) is 0 Å². The minimum Gasteiger partial charge on any atom is -0.367 e. The van der Waals surface area contributed by atoms with Crippen LogP contribution in [0.3, 0.4) is 0 Å². The Morgan fingerprint density at radius 1 is 1.35 bits per heavy atom. The Bertz CT molecular complexity index is 627. The highest BCUT2D eigenvalue weighted by Gasteiger charge is 2.26. The van der Waals surface area contributed by atoms with Gasteiger partial charge in [0, 0.05) is 37.6 Å². The molecule has 0 bridgehead atoms. The van der Waals surface area contributed by atoms with E-state index in [0.717, 1.165) is 37.4 Å². The number of rotatable bonds is 2. The molecule has 1 aliphatic heterocycles. The minimum atomic E-state index is 0.171. The van der Waals surface area contributed by atoms with Gasteiger partial charge in [-0.1, -0.05) is 6.92 Å². The maximum atomic E-state index is 4.68. The number of hydrogen-bond donors (Lipinski definition) is 1. The van der Waals surface area contributed by atoms with Crippen LogP contribution in [-0.2, 0) is 6.42 Å². The highest BCUT2D eigenvalue weighted by molar-refractivity contribution is 5.58. The second-order valence-corrected chi connectivity index (χ2v) is 6.43. The van der Waals surface area contributed by atoms with Crippen molar-refractivity contribution < 1.29 is 0 Å². The van der Waals surface area contributed by atoms with Gasteiger partial charge < -0.3 is 14.6 Å². The van der Waals surface area contributed by atoms with Crippen LogP contribution < -0.4 is 10.2 Å². The molecule has 3 heterocycles. The van der Waals surface area contributed by atoms with E-state index < -0.39 is 0 Å². The maximum Gasteiger partial charge on any atom is 0.140 e. The molecule has 20 heavy (non-hydrogen) atoms. The summed E-state index contributed by atoms with van der Waals surface area (Å²) in [6.07, 6.45) is 5.35. The predicted octanol–water partition coefficient (Wildman–Crippen LogP) is 2.39. The standard InChI is InChI=1S/C16H24N4/c1-5-13-9-20-10-14(8-12(2)15(20)18-13)19-7-6-17-16(3,4)11-19/h8-10,17H,5-7,11H2,1-4H3. The third-order valence-electron chi connectivity index (χ3n) is 4.07. The zero-order valence-electron chi connectivity index (χ0n) is 12.9. The summed E-state index contributed by atoms with van der Waals surface area (Å²) in [5.41, 5.74) is 4.96. The molecular formula is C16H24N4. The molecular weight excluding hydrogens is 248 g/mol. The van der Waals surface area contributed by atoms with Gasteiger partial charge in [0.05, 0.1) is 11.4 Å². The Hall–Kier alpha value is -1.55. The first-order chi connectivity index (χ1) is 9.48. The first-order valence-electron chi connectivity index (χ1n) is 7.47. The number of hydrogen-bond acceptors (Lipinski definition) is 3. The van der Waals surface area contributed by atoms with Crippen LogP contribution in [0.1, 0.15) is 32.0 Å². The van der Waals surface area contributed by atoms with E-state index >= 15 is 0 Å². The average Bonchev–Trinajstić information content (AvgIpc) is 2.81. The molecule has 3 rings (SSSR count). The van der Waals surface area contributed by atoms with Gasteiger partial charge in [-0.15, -0.1) is 0 Å². The van der Waals surface area contributed by atoms with Gasteiger partial charge in [0.2, 0.25) is 0 Å². The van der Waals surface area contributed by atoms with Crippen molar-refractivity contribution in [3.05, 3.63) is 29.7 Å². The number of aromatic nitrogens is 2. The third-order valence-corrected chi connectivity index (χ3v) is 4.07. The zero-order valence-corrected chi connectivity index (χ0v) is 12.9. The molecule has 1 fully saturated rings. The quantitative estimate of drug-likeness (QED) is 0.911. The summed E-state index contributed by atoms with van der Waals surface area (Å²) in [6.45, 7) is 12.0. The molecule has 0 saturated carbocycles. The first-order valence-corrected chi connectivity index (χ1v) is 7.47. The lowest BCUT2D eigenvalue weighted by Crippen LogP contribution is -2.57. The van der Waals surface area contributed by atoms with Crippen molar-refractivity contribution in [2.45, 2.75) is 39.7 Å². The topological polar surface area (TPSA) is 32.6 Å². The molecule has 2 aromatic heterocycles. The molecule has 0 amide bonds. The Kier molecular flexibility index (Phi) is 3.21. The lowest BCUT2D eigenvalue weighted by molar-refractivity contribution is 0.353. The Labute approximate surface area is 120 Å². The molecule has 108 valence electrons. The summed E-state index contributed by atoms with van der Waals surface area (Å²) in [6, 6.07) is 2.27. The number of nitrogens with one attached hydrogen (secondary N) is 1. The Morgan fingerprint density at radius 3 is 2.85 bits per heavy atom. The Balaban J connectivity index is 1.99. The molecule has 1 saturated heterocycles. The van der Waals surface area contributed by atoms with E-state index in [1.807, 2.05) is 0 Å². The molecule has 0 aromatic carbocycles. The molecule has 0 atom stereocenters. The van der Waals surface area contributed by atoms with Crippen LogP contribution >= 0.6 is 0 Å². The van der Waals surface area contributed by atoms with Crippen molar-refractivity contribution in [3.8, 4) is 0 Å². The monoisotopic (exact) mass is 272 g/mol. The summed E-state index contributed by atoms with van der Waals surface area (Å²) in [5.74, 6) is 0. The zero-order chi connectivity index (χ0) is 14.3. The SMILES string of the molecule is CCc1cn2cc(N3CCNC(C)(C)C3)cc(C)c2n1. The van der Waals surface area contributed by atoms with E-state index in [2.05, 4.69) is 65.8 Å². The fraction of sp³-hybridized carbons (Fsp3) is 0.562. The number of pyridine rings is 1. The van der Waals surface area contributed by atoms with Crippen molar-refractivity contribution in [1.29, 1.82) is 0 Å². The smallest absolute Gasteiger partial charge is 0.140 e.